The van der Waals surface area contributed by atoms with Gasteiger partial charge in [0.2, 0.25) is 0 Å². The number of rotatable bonds is 6. The highest BCUT2D eigenvalue weighted by atomic mass is 19.3. The highest BCUT2D eigenvalue weighted by Crippen LogP contribution is 2.20. The maximum Gasteiger partial charge on any atom is 0.387 e. The lowest BCUT2D eigenvalue weighted by molar-refractivity contribution is -0.145. The van der Waals surface area contributed by atoms with E-state index in [2.05, 4.69) is 10.1 Å². The number of esters is 1. The molecule has 1 atom stereocenters. The molecule has 18 heavy (non-hydrogen) atoms. The predicted octanol–water partition coefficient (Wildman–Crippen LogP) is 2.11. The number of halogens is 2. The summed E-state index contributed by atoms with van der Waals surface area (Å²) in [6.07, 6.45) is 0. The maximum atomic E-state index is 12.0. The fourth-order valence-corrected chi connectivity index (χ4v) is 1.49. The van der Waals surface area contributed by atoms with E-state index < -0.39 is 18.6 Å². The number of carbonyl (C=O) groups is 1. The third-order valence-corrected chi connectivity index (χ3v) is 2.25. The monoisotopic (exact) mass is 259 g/mol. The quantitative estimate of drug-likeness (QED) is 0.795. The minimum Gasteiger partial charge on any atom is -0.465 e. The molecular formula is C12H15F2NO3. The Balaban J connectivity index is 2.78. The van der Waals surface area contributed by atoms with E-state index in [0.717, 1.165) is 0 Å². The van der Waals surface area contributed by atoms with Crippen molar-refractivity contribution in [3.8, 4) is 5.75 Å². The zero-order chi connectivity index (χ0) is 13.5. The van der Waals surface area contributed by atoms with Gasteiger partial charge in [-0.1, -0.05) is 12.1 Å². The standard InChI is InChI=1S/C12H15F2NO3/c1-3-17-11(16)10(15-2)8-4-6-9(7-5-8)18-12(13)14/h4-7,10,12,15H,3H2,1-2H3. The molecule has 100 valence electrons. The molecule has 0 spiro atoms. The molecule has 0 saturated carbocycles. The Bertz CT molecular complexity index is 381. The average molecular weight is 259 g/mol. The highest BCUT2D eigenvalue weighted by Gasteiger charge is 2.19. The van der Waals surface area contributed by atoms with Crippen LogP contribution in [0.2, 0.25) is 0 Å². The van der Waals surface area contributed by atoms with E-state index in [4.69, 9.17) is 4.74 Å². The zero-order valence-corrected chi connectivity index (χ0v) is 10.2. The Morgan fingerprint density at radius 3 is 2.39 bits per heavy atom. The van der Waals surface area contributed by atoms with Crippen molar-refractivity contribution in [3.05, 3.63) is 29.8 Å². The first-order valence-corrected chi connectivity index (χ1v) is 5.47. The summed E-state index contributed by atoms with van der Waals surface area (Å²) in [5.41, 5.74) is 0.623. The molecule has 0 aliphatic heterocycles. The van der Waals surface area contributed by atoms with Gasteiger partial charge >= 0.3 is 12.6 Å². The lowest BCUT2D eigenvalue weighted by Crippen LogP contribution is -2.27. The molecule has 0 bridgehead atoms. The summed E-state index contributed by atoms with van der Waals surface area (Å²) in [5, 5.41) is 2.80. The molecule has 1 aromatic rings. The zero-order valence-electron chi connectivity index (χ0n) is 10.2. The van der Waals surface area contributed by atoms with Gasteiger partial charge in [0.25, 0.3) is 0 Å². The van der Waals surface area contributed by atoms with Gasteiger partial charge in [-0.15, -0.1) is 0 Å². The van der Waals surface area contributed by atoms with Gasteiger partial charge in [0.05, 0.1) is 6.61 Å². The number of ether oxygens (including phenoxy) is 2. The molecule has 1 aromatic carbocycles. The Morgan fingerprint density at radius 2 is 1.94 bits per heavy atom. The number of hydrogen-bond donors (Lipinski definition) is 1. The number of benzene rings is 1. The number of carbonyl (C=O) groups excluding carboxylic acids is 1. The van der Waals surface area contributed by atoms with E-state index in [1.807, 2.05) is 0 Å². The fourth-order valence-electron chi connectivity index (χ4n) is 1.49. The van der Waals surface area contributed by atoms with Crippen molar-refractivity contribution in [3.63, 3.8) is 0 Å². The van der Waals surface area contributed by atoms with Gasteiger partial charge < -0.3 is 14.8 Å². The summed E-state index contributed by atoms with van der Waals surface area (Å²) >= 11 is 0. The largest absolute Gasteiger partial charge is 0.465 e. The Labute approximate surface area is 104 Å². The van der Waals surface area contributed by atoms with E-state index in [1.54, 1.807) is 14.0 Å². The number of alkyl halides is 2. The smallest absolute Gasteiger partial charge is 0.387 e. The first kappa shape index (κ1) is 14.4. The van der Waals surface area contributed by atoms with E-state index in [9.17, 15) is 13.6 Å². The summed E-state index contributed by atoms with van der Waals surface area (Å²) < 4.78 is 33.0. The highest BCUT2D eigenvalue weighted by molar-refractivity contribution is 5.77. The molecule has 0 heterocycles. The van der Waals surface area contributed by atoms with Gasteiger partial charge in [-0.05, 0) is 31.7 Å². The van der Waals surface area contributed by atoms with Gasteiger partial charge in [0.15, 0.2) is 0 Å². The molecule has 0 amide bonds. The van der Waals surface area contributed by atoms with E-state index in [0.29, 0.717) is 5.56 Å². The molecule has 0 radical (unpaired) electrons. The van der Waals surface area contributed by atoms with Crippen LogP contribution in [0, 0.1) is 0 Å². The van der Waals surface area contributed by atoms with Crippen molar-refractivity contribution in [1.82, 2.24) is 5.32 Å². The molecule has 0 aliphatic rings. The average Bonchev–Trinajstić information content (AvgIpc) is 2.32. The molecule has 1 unspecified atom stereocenters. The minimum absolute atomic E-state index is 0.0486. The lowest BCUT2D eigenvalue weighted by Gasteiger charge is -2.15. The second-order valence-corrected chi connectivity index (χ2v) is 3.42. The Hall–Kier alpha value is -1.69. The Kier molecular flexibility index (Phi) is 5.51. The van der Waals surface area contributed by atoms with Gasteiger partial charge in [0, 0.05) is 0 Å². The minimum atomic E-state index is -2.86. The van der Waals surface area contributed by atoms with Crippen LogP contribution in [-0.2, 0) is 9.53 Å². The first-order chi connectivity index (χ1) is 8.58. The molecule has 4 nitrogen and oxygen atoms in total. The Morgan fingerprint density at radius 1 is 1.33 bits per heavy atom. The summed E-state index contributed by atoms with van der Waals surface area (Å²) in [4.78, 5) is 11.6. The molecular weight excluding hydrogens is 244 g/mol. The van der Waals surface area contributed by atoms with Crippen molar-refractivity contribution in [2.24, 2.45) is 0 Å². The van der Waals surface area contributed by atoms with Gasteiger partial charge in [-0.25, -0.2) is 4.79 Å². The summed E-state index contributed by atoms with van der Waals surface area (Å²) in [6, 6.07) is 5.22. The molecule has 0 aliphatic carbocycles. The van der Waals surface area contributed by atoms with E-state index >= 15 is 0 Å². The molecule has 1 rings (SSSR count). The van der Waals surface area contributed by atoms with Crippen molar-refractivity contribution in [2.75, 3.05) is 13.7 Å². The van der Waals surface area contributed by atoms with Crippen molar-refractivity contribution in [2.45, 2.75) is 19.6 Å². The van der Waals surface area contributed by atoms with Crippen LogP contribution in [0.4, 0.5) is 8.78 Å². The van der Waals surface area contributed by atoms with Crippen molar-refractivity contribution < 1.29 is 23.0 Å². The first-order valence-electron chi connectivity index (χ1n) is 5.47. The van der Waals surface area contributed by atoms with Crippen LogP contribution in [0.1, 0.15) is 18.5 Å². The van der Waals surface area contributed by atoms with Crippen LogP contribution >= 0.6 is 0 Å². The topological polar surface area (TPSA) is 47.6 Å². The third kappa shape index (κ3) is 3.96. The fraction of sp³-hybridized carbons (Fsp3) is 0.417. The van der Waals surface area contributed by atoms with Crippen LogP contribution in [0.5, 0.6) is 5.75 Å². The SMILES string of the molecule is CCOC(=O)C(NC)c1ccc(OC(F)F)cc1. The molecule has 1 N–H and O–H groups in total. The normalized spacial score (nSPS) is 12.3. The summed E-state index contributed by atoms with van der Waals surface area (Å²) in [5.74, 6) is -0.366. The molecule has 0 aromatic heterocycles. The van der Waals surface area contributed by atoms with Crippen LogP contribution in [0.3, 0.4) is 0 Å². The van der Waals surface area contributed by atoms with Crippen LogP contribution in [-0.4, -0.2) is 26.2 Å². The molecule has 6 heteroatoms. The van der Waals surface area contributed by atoms with Crippen LogP contribution in [0.15, 0.2) is 24.3 Å². The van der Waals surface area contributed by atoms with Crippen LogP contribution in [0.25, 0.3) is 0 Å². The van der Waals surface area contributed by atoms with Gasteiger partial charge in [-0.2, -0.15) is 8.78 Å². The van der Waals surface area contributed by atoms with Gasteiger partial charge in [0.1, 0.15) is 11.8 Å². The summed E-state index contributed by atoms with van der Waals surface area (Å²) in [7, 11) is 1.62. The second-order valence-electron chi connectivity index (χ2n) is 3.42. The number of nitrogens with one attached hydrogen (secondary N) is 1. The number of likely N-dealkylation sites (N-methyl/N-ethyl adjacent to an activating group) is 1. The van der Waals surface area contributed by atoms with Crippen LogP contribution < -0.4 is 10.1 Å². The van der Waals surface area contributed by atoms with E-state index in [1.165, 1.54) is 24.3 Å². The van der Waals surface area contributed by atoms with E-state index in [-0.39, 0.29) is 12.4 Å². The van der Waals surface area contributed by atoms with Crippen molar-refractivity contribution in [1.29, 1.82) is 0 Å². The second kappa shape index (κ2) is 6.90. The summed E-state index contributed by atoms with van der Waals surface area (Å²) in [6.45, 7) is -0.866. The molecule has 0 saturated heterocycles. The third-order valence-electron chi connectivity index (χ3n) is 2.25. The lowest BCUT2D eigenvalue weighted by atomic mass is 10.1. The van der Waals surface area contributed by atoms with Crippen molar-refractivity contribution >= 4 is 5.97 Å². The number of hydrogen-bond acceptors (Lipinski definition) is 4. The van der Waals surface area contributed by atoms with Gasteiger partial charge in [-0.3, -0.25) is 0 Å². The predicted molar refractivity (Wildman–Crippen MR) is 61.5 cm³/mol. The molecule has 0 fully saturated rings. The maximum absolute atomic E-state index is 12.0.